The zero-order chi connectivity index (χ0) is 13.7. The Hall–Kier alpha value is -0.870. The third-order valence-corrected chi connectivity index (χ3v) is 3.49. The Balaban J connectivity index is 2.65. The first-order chi connectivity index (χ1) is 8.47. The van der Waals surface area contributed by atoms with E-state index in [9.17, 15) is 0 Å². The van der Waals surface area contributed by atoms with Crippen LogP contribution in [0.2, 0.25) is 0 Å². The molecular formula is C14H28N4. The molecule has 0 unspecified atom stereocenters. The van der Waals surface area contributed by atoms with Crippen molar-refractivity contribution in [2.24, 2.45) is 5.73 Å². The van der Waals surface area contributed by atoms with Crippen molar-refractivity contribution in [3.05, 3.63) is 18.2 Å². The highest BCUT2D eigenvalue weighted by Gasteiger charge is 2.15. The minimum Gasteiger partial charge on any atom is -0.332 e. The average molecular weight is 252 g/mol. The van der Waals surface area contributed by atoms with Crippen LogP contribution in [0.4, 0.5) is 0 Å². The van der Waals surface area contributed by atoms with Crippen molar-refractivity contribution < 1.29 is 0 Å². The fourth-order valence-corrected chi connectivity index (χ4v) is 2.37. The van der Waals surface area contributed by atoms with Gasteiger partial charge in [0.05, 0.1) is 12.0 Å². The van der Waals surface area contributed by atoms with Crippen LogP contribution in [0.1, 0.15) is 52.8 Å². The number of hydrogen-bond acceptors (Lipinski definition) is 3. The smallest absolute Gasteiger partial charge is 0.0949 e. The molecule has 0 saturated carbocycles. The van der Waals surface area contributed by atoms with Gasteiger partial charge in [-0.25, -0.2) is 4.98 Å². The molecule has 0 amide bonds. The summed E-state index contributed by atoms with van der Waals surface area (Å²) in [5.74, 6) is 0. The van der Waals surface area contributed by atoms with Crippen LogP contribution in [0.5, 0.6) is 0 Å². The predicted octanol–water partition coefficient (Wildman–Crippen LogP) is 2.41. The van der Waals surface area contributed by atoms with Gasteiger partial charge in [0.25, 0.3) is 0 Å². The van der Waals surface area contributed by atoms with Crippen LogP contribution in [-0.2, 0) is 6.54 Å². The number of rotatable bonds is 7. The molecule has 0 aliphatic rings. The quantitative estimate of drug-likeness (QED) is 0.810. The van der Waals surface area contributed by atoms with Crippen LogP contribution in [-0.4, -0.2) is 33.1 Å². The van der Waals surface area contributed by atoms with Crippen LogP contribution < -0.4 is 5.73 Å². The lowest BCUT2D eigenvalue weighted by Crippen LogP contribution is -2.39. The van der Waals surface area contributed by atoms with Gasteiger partial charge < -0.3 is 10.3 Å². The molecule has 1 aromatic heterocycles. The van der Waals surface area contributed by atoms with Gasteiger partial charge in [-0.15, -0.1) is 0 Å². The van der Waals surface area contributed by atoms with Gasteiger partial charge in [0.1, 0.15) is 0 Å². The summed E-state index contributed by atoms with van der Waals surface area (Å²) < 4.78 is 2.19. The van der Waals surface area contributed by atoms with Crippen molar-refractivity contribution >= 4 is 0 Å². The summed E-state index contributed by atoms with van der Waals surface area (Å²) in [6.07, 6.45) is 4.73. The molecule has 1 rings (SSSR count). The van der Waals surface area contributed by atoms with Gasteiger partial charge in [0.15, 0.2) is 0 Å². The third kappa shape index (κ3) is 3.82. The molecule has 104 valence electrons. The molecule has 1 aromatic rings. The Kier molecular flexibility index (Phi) is 5.82. The Labute approximate surface area is 111 Å². The van der Waals surface area contributed by atoms with Crippen LogP contribution in [0.25, 0.3) is 0 Å². The van der Waals surface area contributed by atoms with E-state index in [-0.39, 0.29) is 6.04 Å². The van der Waals surface area contributed by atoms with Crippen molar-refractivity contribution in [1.29, 1.82) is 0 Å². The molecule has 4 heteroatoms. The fourth-order valence-electron chi connectivity index (χ4n) is 2.37. The van der Waals surface area contributed by atoms with E-state index in [0.717, 1.165) is 25.2 Å². The molecular weight excluding hydrogens is 224 g/mol. The van der Waals surface area contributed by atoms with Crippen molar-refractivity contribution in [1.82, 2.24) is 14.5 Å². The highest BCUT2D eigenvalue weighted by atomic mass is 15.2. The maximum atomic E-state index is 6.09. The molecule has 0 aliphatic heterocycles. The molecule has 2 N–H and O–H groups in total. The van der Waals surface area contributed by atoms with Gasteiger partial charge in [-0.05, 0) is 34.1 Å². The number of hydrogen-bond donors (Lipinski definition) is 1. The fraction of sp³-hybridized carbons (Fsp3) is 0.786. The minimum atomic E-state index is 0.0963. The molecule has 4 nitrogen and oxygen atoms in total. The van der Waals surface area contributed by atoms with Gasteiger partial charge in [0.2, 0.25) is 0 Å². The summed E-state index contributed by atoms with van der Waals surface area (Å²) in [6, 6.07) is 1.23. The second-order valence-electron chi connectivity index (χ2n) is 5.45. The van der Waals surface area contributed by atoms with E-state index in [1.807, 2.05) is 12.5 Å². The van der Waals surface area contributed by atoms with Gasteiger partial charge in [0, 0.05) is 37.4 Å². The Bertz CT molecular complexity index is 335. The van der Waals surface area contributed by atoms with E-state index >= 15 is 0 Å². The Morgan fingerprint density at radius 1 is 1.28 bits per heavy atom. The Morgan fingerprint density at radius 2 is 1.89 bits per heavy atom. The second kappa shape index (κ2) is 6.90. The lowest BCUT2D eigenvalue weighted by molar-refractivity contribution is 0.167. The highest BCUT2D eigenvalue weighted by molar-refractivity contribution is 5.04. The van der Waals surface area contributed by atoms with Crippen LogP contribution in [0.3, 0.4) is 0 Å². The van der Waals surface area contributed by atoms with E-state index in [1.54, 1.807) is 0 Å². The molecule has 18 heavy (non-hydrogen) atoms. The second-order valence-corrected chi connectivity index (χ2v) is 5.45. The average Bonchev–Trinajstić information content (AvgIpc) is 2.75. The molecule has 0 aliphatic carbocycles. The molecule has 0 bridgehead atoms. The van der Waals surface area contributed by atoms with Crippen LogP contribution in [0, 0.1) is 0 Å². The summed E-state index contributed by atoms with van der Waals surface area (Å²) >= 11 is 0. The number of nitrogens with two attached hydrogens (primary N) is 1. The molecule has 1 atom stereocenters. The van der Waals surface area contributed by atoms with Gasteiger partial charge in [-0.3, -0.25) is 4.90 Å². The predicted molar refractivity (Wildman–Crippen MR) is 76.4 cm³/mol. The first-order valence-corrected chi connectivity index (χ1v) is 6.98. The lowest BCUT2D eigenvalue weighted by atomic mass is 10.2. The van der Waals surface area contributed by atoms with Crippen molar-refractivity contribution in [2.45, 2.75) is 65.7 Å². The van der Waals surface area contributed by atoms with E-state index in [1.165, 1.54) is 0 Å². The van der Waals surface area contributed by atoms with Crippen molar-refractivity contribution in [2.75, 3.05) is 6.54 Å². The van der Waals surface area contributed by atoms with E-state index in [0.29, 0.717) is 12.1 Å². The monoisotopic (exact) mass is 252 g/mol. The largest absolute Gasteiger partial charge is 0.332 e. The van der Waals surface area contributed by atoms with Crippen LogP contribution in [0.15, 0.2) is 12.5 Å². The Morgan fingerprint density at radius 3 is 2.39 bits per heavy atom. The molecule has 0 fully saturated rings. The minimum absolute atomic E-state index is 0.0963. The first-order valence-electron chi connectivity index (χ1n) is 6.98. The zero-order valence-corrected chi connectivity index (χ0v) is 12.4. The topological polar surface area (TPSA) is 47.1 Å². The molecule has 0 saturated heterocycles. The number of aromatic nitrogens is 2. The molecule has 0 spiro atoms. The third-order valence-electron chi connectivity index (χ3n) is 3.49. The van der Waals surface area contributed by atoms with E-state index in [4.69, 9.17) is 5.73 Å². The van der Waals surface area contributed by atoms with Gasteiger partial charge >= 0.3 is 0 Å². The molecule has 0 radical (unpaired) electrons. The zero-order valence-electron chi connectivity index (χ0n) is 12.4. The molecule has 1 heterocycles. The van der Waals surface area contributed by atoms with E-state index < -0.39 is 0 Å². The summed E-state index contributed by atoms with van der Waals surface area (Å²) in [7, 11) is 0. The standard InChI is InChI=1S/C14H28N4/c1-6-13(15)14-9-16-10-17(14)7-8-18(11(2)3)12(4)5/h9-13H,6-8,15H2,1-5H3/t13-/m1/s1. The van der Waals surface area contributed by atoms with Crippen LogP contribution >= 0.6 is 0 Å². The van der Waals surface area contributed by atoms with Crippen molar-refractivity contribution in [3.63, 3.8) is 0 Å². The van der Waals surface area contributed by atoms with Gasteiger partial charge in [-0.2, -0.15) is 0 Å². The summed E-state index contributed by atoms with van der Waals surface area (Å²) in [5, 5.41) is 0. The maximum Gasteiger partial charge on any atom is 0.0949 e. The van der Waals surface area contributed by atoms with Gasteiger partial charge in [-0.1, -0.05) is 6.92 Å². The maximum absolute atomic E-state index is 6.09. The normalized spacial score (nSPS) is 13.8. The highest BCUT2D eigenvalue weighted by Crippen LogP contribution is 2.13. The van der Waals surface area contributed by atoms with E-state index in [2.05, 4.69) is 49.1 Å². The number of nitrogens with zero attached hydrogens (tertiary/aromatic N) is 3. The lowest BCUT2D eigenvalue weighted by Gasteiger charge is -2.30. The summed E-state index contributed by atoms with van der Waals surface area (Å²) in [4.78, 5) is 6.71. The molecule has 0 aromatic carbocycles. The summed E-state index contributed by atoms with van der Waals surface area (Å²) in [6.45, 7) is 13.1. The summed E-state index contributed by atoms with van der Waals surface area (Å²) in [5.41, 5.74) is 7.23. The van der Waals surface area contributed by atoms with Crippen molar-refractivity contribution in [3.8, 4) is 0 Å². The first kappa shape index (κ1) is 15.2. The SMILES string of the molecule is CC[C@@H](N)c1cncn1CCN(C(C)C)C(C)C. The number of imidazole rings is 1.